The van der Waals surface area contributed by atoms with Crippen LogP contribution in [0, 0.1) is 5.92 Å². The average molecular weight is 357 g/mol. The molecule has 0 atom stereocenters. The summed E-state index contributed by atoms with van der Waals surface area (Å²) in [5.41, 5.74) is 0.606. The van der Waals surface area contributed by atoms with E-state index >= 15 is 0 Å². The Kier molecular flexibility index (Phi) is 5.10. The van der Waals surface area contributed by atoms with E-state index in [0.717, 1.165) is 4.47 Å². The maximum Gasteiger partial charge on any atom is 0.254 e. The van der Waals surface area contributed by atoms with Gasteiger partial charge in [-0.15, -0.1) is 12.6 Å². The minimum absolute atomic E-state index is 0.0159. The molecule has 20 heavy (non-hydrogen) atoms. The highest BCUT2D eigenvalue weighted by atomic mass is 79.9. The molecule has 1 aliphatic rings. The van der Waals surface area contributed by atoms with Crippen LogP contribution < -0.4 is 5.32 Å². The van der Waals surface area contributed by atoms with E-state index in [4.69, 9.17) is 0 Å². The number of hydrogen-bond acceptors (Lipinski definition) is 3. The highest BCUT2D eigenvalue weighted by molar-refractivity contribution is 9.10. The maximum absolute atomic E-state index is 12.4. The number of thiol groups is 1. The Labute approximate surface area is 132 Å². The second kappa shape index (κ2) is 6.63. The van der Waals surface area contributed by atoms with E-state index in [1.54, 1.807) is 18.0 Å². The third-order valence-electron chi connectivity index (χ3n) is 3.59. The minimum atomic E-state index is -0.0159. The lowest BCUT2D eigenvalue weighted by Gasteiger charge is -2.31. The first-order chi connectivity index (χ1) is 9.52. The van der Waals surface area contributed by atoms with E-state index in [2.05, 4.69) is 33.9 Å². The van der Waals surface area contributed by atoms with E-state index in [9.17, 15) is 9.59 Å². The number of hydrogen-bond donors (Lipinski definition) is 2. The van der Waals surface area contributed by atoms with Crippen molar-refractivity contribution >= 4 is 40.4 Å². The molecule has 1 aromatic carbocycles. The summed E-state index contributed by atoms with van der Waals surface area (Å²) in [4.78, 5) is 26.5. The fraction of sp³-hybridized carbons (Fsp3) is 0.429. The van der Waals surface area contributed by atoms with Crippen molar-refractivity contribution in [1.82, 2.24) is 10.2 Å². The quantitative estimate of drug-likeness (QED) is 0.799. The van der Waals surface area contributed by atoms with Crippen molar-refractivity contribution in [3.05, 3.63) is 28.2 Å². The smallest absolute Gasteiger partial charge is 0.254 e. The van der Waals surface area contributed by atoms with Crippen LogP contribution in [0.25, 0.3) is 0 Å². The standard InChI is InChI=1S/C14H17BrN2O2S/c1-16-13(18)9-4-6-17(7-5-9)14(19)11-3-2-10(15)8-12(11)20/h2-3,8-9,20H,4-7H2,1H3,(H,16,18). The molecule has 0 saturated carbocycles. The van der Waals surface area contributed by atoms with Gasteiger partial charge in [0.2, 0.25) is 5.91 Å². The maximum atomic E-state index is 12.4. The van der Waals surface area contributed by atoms with Gasteiger partial charge in [0.15, 0.2) is 0 Å². The van der Waals surface area contributed by atoms with Gasteiger partial charge in [-0.25, -0.2) is 0 Å². The second-order valence-electron chi connectivity index (χ2n) is 4.84. The largest absolute Gasteiger partial charge is 0.359 e. The molecule has 1 aliphatic heterocycles. The monoisotopic (exact) mass is 356 g/mol. The Morgan fingerprint density at radius 1 is 1.35 bits per heavy atom. The molecule has 1 fully saturated rings. The van der Waals surface area contributed by atoms with Crippen LogP contribution in [-0.2, 0) is 4.79 Å². The predicted molar refractivity (Wildman–Crippen MR) is 84.1 cm³/mol. The summed E-state index contributed by atoms with van der Waals surface area (Å²) in [6.07, 6.45) is 1.42. The fourth-order valence-electron chi connectivity index (χ4n) is 2.40. The van der Waals surface area contributed by atoms with Crippen molar-refractivity contribution in [3.63, 3.8) is 0 Å². The van der Waals surface area contributed by atoms with E-state index in [0.29, 0.717) is 36.4 Å². The molecule has 1 heterocycles. The molecule has 0 aromatic heterocycles. The Morgan fingerprint density at radius 3 is 2.55 bits per heavy atom. The van der Waals surface area contributed by atoms with E-state index in [1.165, 1.54) is 0 Å². The van der Waals surface area contributed by atoms with Crippen LogP contribution in [0.4, 0.5) is 0 Å². The molecule has 0 spiro atoms. The summed E-state index contributed by atoms with van der Waals surface area (Å²) in [6, 6.07) is 5.43. The molecule has 0 unspecified atom stereocenters. The molecule has 0 bridgehead atoms. The summed E-state index contributed by atoms with van der Waals surface area (Å²) in [6.45, 7) is 1.22. The highest BCUT2D eigenvalue weighted by Crippen LogP contribution is 2.24. The van der Waals surface area contributed by atoms with Crippen LogP contribution in [-0.4, -0.2) is 36.9 Å². The third kappa shape index (κ3) is 3.35. The topological polar surface area (TPSA) is 49.4 Å². The summed E-state index contributed by atoms with van der Waals surface area (Å²) in [7, 11) is 1.65. The first-order valence-electron chi connectivity index (χ1n) is 6.52. The fourth-order valence-corrected chi connectivity index (χ4v) is 3.25. The number of piperidine rings is 1. The normalized spacial score (nSPS) is 16.1. The zero-order valence-corrected chi connectivity index (χ0v) is 13.7. The lowest BCUT2D eigenvalue weighted by Crippen LogP contribution is -2.42. The first-order valence-corrected chi connectivity index (χ1v) is 7.76. The Bertz CT molecular complexity index is 528. The SMILES string of the molecule is CNC(=O)C1CCN(C(=O)c2ccc(Br)cc2S)CC1. The average Bonchev–Trinajstić information content (AvgIpc) is 2.46. The zero-order chi connectivity index (χ0) is 14.7. The Hall–Kier alpha value is -1.01. The van der Waals surface area contributed by atoms with Gasteiger partial charge in [0.1, 0.15) is 0 Å². The molecule has 0 radical (unpaired) electrons. The molecule has 2 amide bonds. The number of carbonyl (C=O) groups excluding carboxylic acids is 2. The molecular formula is C14H17BrN2O2S. The van der Waals surface area contributed by atoms with Gasteiger partial charge in [-0.05, 0) is 31.0 Å². The summed E-state index contributed by atoms with van der Waals surface area (Å²) in [5.74, 6) is 0.0675. The second-order valence-corrected chi connectivity index (χ2v) is 6.24. The van der Waals surface area contributed by atoms with Crippen LogP contribution in [0.1, 0.15) is 23.2 Å². The number of rotatable bonds is 2. The van der Waals surface area contributed by atoms with Gasteiger partial charge in [0.05, 0.1) is 5.56 Å². The van der Waals surface area contributed by atoms with Crippen LogP contribution in [0.15, 0.2) is 27.6 Å². The van der Waals surface area contributed by atoms with E-state index < -0.39 is 0 Å². The summed E-state index contributed by atoms with van der Waals surface area (Å²) in [5, 5.41) is 2.67. The Morgan fingerprint density at radius 2 is 2.00 bits per heavy atom. The molecule has 2 rings (SSSR count). The summed E-state index contributed by atoms with van der Waals surface area (Å²) >= 11 is 7.71. The van der Waals surface area contributed by atoms with Gasteiger partial charge >= 0.3 is 0 Å². The van der Waals surface area contributed by atoms with Crippen LogP contribution >= 0.6 is 28.6 Å². The van der Waals surface area contributed by atoms with Gasteiger partial charge in [-0.3, -0.25) is 9.59 Å². The number of halogens is 1. The van der Waals surface area contributed by atoms with Gasteiger partial charge < -0.3 is 10.2 Å². The zero-order valence-electron chi connectivity index (χ0n) is 11.2. The highest BCUT2D eigenvalue weighted by Gasteiger charge is 2.27. The molecule has 6 heteroatoms. The number of benzene rings is 1. The minimum Gasteiger partial charge on any atom is -0.359 e. The molecule has 1 saturated heterocycles. The van der Waals surface area contributed by atoms with E-state index in [-0.39, 0.29) is 17.7 Å². The molecule has 0 aliphatic carbocycles. The van der Waals surface area contributed by atoms with Crippen molar-refractivity contribution in [3.8, 4) is 0 Å². The summed E-state index contributed by atoms with van der Waals surface area (Å²) < 4.78 is 0.900. The first kappa shape index (κ1) is 15.4. The van der Waals surface area contributed by atoms with Gasteiger partial charge in [-0.1, -0.05) is 15.9 Å². The van der Waals surface area contributed by atoms with Gasteiger partial charge in [-0.2, -0.15) is 0 Å². The number of amides is 2. The lowest BCUT2D eigenvalue weighted by atomic mass is 9.95. The van der Waals surface area contributed by atoms with E-state index in [1.807, 2.05) is 12.1 Å². The number of nitrogens with one attached hydrogen (secondary N) is 1. The molecule has 108 valence electrons. The van der Waals surface area contributed by atoms with Gasteiger partial charge in [0, 0.05) is 35.4 Å². The number of carbonyl (C=O) groups is 2. The van der Waals surface area contributed by atoms with Crippen molar-refractivity contribution in [2.75, 3.05) is 20.1 Å². The van der Waals surface area contributed by atoms with Crippen molar-refractivity contribution in [2.45, 2.75) is 17.7 Å². The molecule has 1 aromatic rings. The van der Waals surface area contributed by atoms with Gasteiger partial charge in [0.25, 0.3) is 5.91 Å². The van der Waals surface area contributed by atoms with Crippen molar-refractivity contribution < 1.29 is 9.59 Å². The number of likely N-dealkylation sites (tertiary alicyclic amines) is 1. The third-order valence-corrected chi connectivity index (χ3v) is 4.45. The van der Waals surface area contributed by atoms with Crippen LogP contribution in [0.3, 0.4) is 0 Å². The predicted octanol–water partition coefficient (Wildman–Crippen LogP) is 2.34. The molecule has 4 nitrogen and oxygen atoms in total. The Balaban J connectivity index is 2.03. The van der Waals surface area contributed by atoms with Crippen molar-refractivity contribution in [2.24, 2.45) is 5.92 Å². The van der Waals surface area contributed by atoms with Crippen molar-refractivity contribution in [1.29, 1.82) is 0 Å². The molecular weight excluding hydrogens is 340 g/mol. The number of nitrogens with zero attached hydrogens (tertiary/aromatic N) is 1. The van der Waals surface area contributed by atoms with Crippen LogP contribution in [0.5, 0.6) is 0 Å². The lowest BCUT2D eigenvalue weighted by molar-refractivity contribution is -0.125. The van der Waals surface area contributed by atoms with Crippen LogP contribution in [0.2, 0.25) is 0 Å². The molecule has 1 N–H and O–H groups in total.